The van der Waals surface area contributed by atoms with Crippen molar-refractivity contribution in [3.05, 3.63) is 59.4 Å². The van der Waals surface area contributed by atoms with Crippen LogP contribution in [0.2, 0.25) is 0 Å². The van der Waals surface area contributed by atoms with E-state index in [2.05, 4.69) is 5.32 Å². The van der Waals surface area contributed by atoms with Gasteiger partial charge in [-0.2, -0.15) is 13.2 Å². The highest BCUT2D eigenvalue weighted by Crippen LogP contribution is 2.29. The molecular formula is C18H16F7N3OS. The van der Waals surface area contributed by atoms with E-state index in [0.717, 1.165) is 12.1 Å². The molecule has 164 valence electrons. The van der Waals surface area contributed by atoms with Gasteiger partial charge in [-0.3, -0.25) is 0 Å². The van der Waals surface area contributed by atoms with E-state index >= 15 is 0 Å². The summed E-state index contributed by atoms with van der Waals surface area (Å²) in [6.45, 7) is -0.383. The normalized spacial score (nSPS) is 24.0. The molecule has 0 amide bonds. The van der Waals surface area contributed by atoms with Crippen molar-refractivity contribution in [1.29, 1.82) is 4.78 Å². The number of alkyl halides is 4. The lowest BCUT2D eigenvalue weighted by Crippen LogP contribution is -2.50. The number of hydrogen-bond acceptors (Lipinski definition) is 3. The Morgan fingerprint density at radius 3 is 2.37 bits per heavy atom. The summed E-state index contributed by atoms with van der Waals surface area (Å²) in [6, 6.07) is 3.62. The van der Waals surface area contributed by atoms with Gasteiger partial charge in [0.25, 0.3) is 0 Å². The van der Waals surface area contributed by atoms with Crippen molar-refractivity contribution in [1.82, 2.24) is 10.0 Å². The highest BCUT2D eigenvalue weighted by atomic mass is 32.2. The maximum Gasteiger partial charge on any atom is 0.492 e. The van der Waals surface area contributed by atoms with Gasteiger partial charge in [0.1, 0.15) is 23.6 Å². The number of benzene rings is 2. The largest absolute Gasteiger partial charge is 0.492 e. The number of nitrogens with one attached hydrogen (secondary N) is 3. The van der Waals surface area contributed by atoms with Crippen LogP contribution in [-0.2, 0) is 16.3 Å². The zero-order valence-electron chi connectivity index (χ0n) is 15.1. The second-order valence-electron chi connectivity index (χ2n) is 6.82. The van der Waals surface area contributed by atoms with E-state index in [1.54, 1.807) is 0 Å². The van der Waals surface area contributed by atoms with Gasteiger partial charge in [-0.25, -0.2) is 31.3 Å². The highest BCUT2D eigenvalue weighted by Gasteiger charge is 2.47. The third-order valence-electron chi connectivity index (χ3n) is 4.72. The van der Waals surface area contributed by atoms with Crippen LogP contribution in [0.15, 0.2) is 36.4 Å². The molecule has 1 fully saturated rings. The number of rotatable bonds is 5. The highest BCUT2D eigenvalue weighted by molar-refractivity contribution is 7.91. The molecule has 2 aromatic rings. The third kappa shape index (κ3) is 4.60. The van der Waals surface area contributed by atoms with Gasteiger partial charge >= 0.3 is 5.51 Å². The summed E-state index contributed by atoms with van der Waals surface area (Å²) in [4.78, 5) is 0. The van der Waals surface area contributed by atoms with E-state index in [-0.39, 0.29) is 29.7 Å². The molecule has 12 heteroatoms. The van der Waals surface area contributed by atoms with Gasteiger partial charge in [-0.1, -0.05) is 18.2 Å². The van der Waals surface area contributed by atoms with Crippen molar-refractivity contribution < 1.29 is 34.9 Å². The Bertz CT molecular complexity index is 1020. The van der Waals surface area contributed by atoms with Crippen molar-refractivity contribution in [2.24, 2.45) is 0 Å². The average Bonchev–Trinajstić information content (AvgIpc) is 2.94. The summed E-state index contributed by atoms with van der Waals surface area (Å²) in [5, 5.41) is 2.58. The van der Waals surface area contributed by atoms with Crippen LogP contribution in [0.5, 0.6) is 0 Å². The number of hydrogen-bond donors (Lipinski definition) is 3. The van der Waals surface area contributed by atoms with Gasteiger partial charge in [0.2, 0.25) is 9.92 Å². The molecule has 2 aromatic carbocycles. The molecule has 0 bridgehead atoms. The van der Waals surface area contributed by atoms with Gasteiger partial charge < -0.3 is 5.32 Å². The summed E-state index contributed by atoms with van der Waals surface area (Å²) in [6.07, 6.45) is -2.21. The van der Waals surface area contributed by atoms with Crippen molar-refractivity contribution in [2.75, 3.05) is 6.54 Å². The predicted octanol–water partition coefficient (Wildman–Crippen LogP) is 4.06. The molecular weight excluding hydrogens is 439 g/mol. The molecule has 1 heterocycles. The first-order valence-electron chi connectivity index (χ1n) is 8.62. The minimum Gasteiger partial charge on any atom is -0.309 e. The lowest BCUT2D eigenvalue weighted by molar-refractivity contribution is -0.0422. The molecule has 1 unspecified atom stereocenters. The van der Waals surface area contributed by atoms with Crippen molar-refractivity contribution in [3.8, 4) is 11.1 Å². The topological polar surface area (TPSA) is 65.0 Å². The van der Waals surface area contributed by atoms with E-state index in [1.165, 1.54) is 22.9 Å². The molecule has 4 nitrogen and oxygen atoms in total. The first-order valence-corrected chi connectivity index (χ1v) is 10.2. The minimum atomic E-state index is -5.41. The average molecular weight is 455 g/mol. The van der Waals surface area contributed by atoms with Gasteiger partial charge in [-0.15, -0.1) is 0 Å². The summed E-state index contributed by atoms with van der Waals surface area (Å²) in [5.41, 5.74) is -5.70. The van der Waals surface area contributed by atoms with E-state index in [1.807, 2.05) is 0 Å². The molecule has 0 spiro atoms. The fourth-order valence-corrected chi connectivity index (χ4v) is 4.12. The Labute approximate surface area is 167 Å². The molecule has 30 heavy (non-hydrogen) atoms. The van der Waals surface area contributed by atoms with E-state index in [0.29, 0.717) is 6.07 Å². The first kappa shape index (κ1) is 22.5. The molecule has 1 aliphatic rings. The van der Waals surface area contributed by atoms with Crippen molar-refractivity contribution in [3.63, 3.8) is 0 Å². The Hall–Kier alpha value is -2.18. The number of halogens is 7. The smallest absolute Gasteiger partial charge is 0.309 e. The molecule has 0 radical (unpaired) electrons. The maximum atomic E-state index is 15.0. The molecule has 4 atom stereocenters. The van der Waals surface area contributed by atoms with Crippen LogP contribution in [0.4, 0.5) is 30.7 Å². The van der Waals surface area contributed by atoms with Crippen LogP contribution in [0, 0.1) is 22.2 Å². The van der Waals surface area contributed by atoms with Crippen molar-refractivity contribution >= 4 is 9.92 Å². The standard InChI is InChI=1S/C18H16F7N3OS/c19-11-4-10(5-12(20)7-11)13-3-1-2-9(16(13)22)6-15-17(14(21)8-27-15)28-30(26,29)18(23,24)25/h1-5,7,14-15,17,27H,6,8H2,(H2,26,28,29)/t14-,15-,17-,30?/m0/s1. The van der Waals surface area contributed by atoms with E-state index in [4.69, 9.17) is 4.78 Å². The van der Waals surface area contributed by atoms with Crippen LogP contribution in [0.1, 0.15) is 5.56 Å². The summed E-state index contributed by atoms with van der Waals surface area (Å²) in [5.74, 6) is -2.73. The second kappa shape index (κ2) is 8.16. The van der Waals surface area contributed by atoms with Crippen LogP contribution < -0.4 is 10.0 Å². The van der Waals surface area contributed by atoms with Gasteiger partial charge in [0.15, 0.2) is 0 Å². The van der Waals surface area contributed by atoms with E-state index in [9.17, 15) is 34.9 Å². The monoisotopic (exact) mass is 455 g/mol. The van der Waals surface area contributed by atoms with Gasteiger partial charge in [0, 0.05) is 24.2 Å². The molecule has 0 saturated carbocycles. The fourth-order valence-electron chi connectivity index (χ4n) is 3.29. The quantitative estimate of drug-likeness (QED) is 0.596. The molecule has 1 saturated heterocycles. The third-order valence-corrected chi connectivity index (χ3v) is 5.97. The minimum absolute atomic E-state index is 0.0564. The maximum absolute atomic E-state index is 15.0. The lowest BCUT2D eigenvalue weighted by atomic mass is 9.96. The Morgan fingerprint density at radius 1 is 1.13 bits per heavy atom. The predicted molar refractivity (Wildman–Crippen MR) is 96.0 cm³/mol. The zero-order valence-corrected chi connectivity index (χ0v) is 15.9. The molecule has 0 aromatic heterocycles. The first-order chi connectivity index (χ1) is 13.9. The lowest BCUT2D eigenvalue weighted by Gasteiger charge is -2.24. The Balaban J connectivity index is 1.88. The van der Waals surface area contributed by atoms with E-state index < -0.39 is 51.1 Å². The SMILES string of the molecule is N=S(=O)(N[C@@H]1[C@H](Cc2cccc(-c3cc(F)cc(F)c3)c2F)NC[C@@H]1F)C(F)(F)F. The zero-order chi connectivity index (χ0) is 22.3. The molecule has 3 rings (SSSR count). The fraction of sp³-hybridized carbons (Fsp3) is 0.333. The second-order valence-corrected chi connectivity index (χ2v) is 8.63. The van der Waals surface area contributed by atoms with Gasteiger partial charge in [-0.05, 0) is 29.7 Å². The van der Waals surface area contributed by atoms with Crippen molar-refractivity contribution in [2.45, 2.75) is 30.2 Å². The Kier molecular flexibility index (Phi) is 6.12. The Morgan fingerprint density at radius 2 is 1.77 bits per heavy atom. The van der Waals surface area contributed by atoms with Crippen LogP contribution >= 0.6 is 0 Å². The van der Waals surface area contributed by atoms with Crippen LogP contribution in [0.25, 0.3) is 11.1 Å². The summed E-state index contributed by atoms with van der Waals surface area (Å²) < 4.78 is 114. The molecule has 1 aliphatic heterocycles. The van der Waals surface area contributed by atoms with Crippen LogP contribution in [0.3, 0.4) is 0 Å². The molecule has 0 aliphatic carbocycles. The van der Waals surface area contributed by atoms with Gasteiger partial charge in [0.05, 0.1) is 6.04 Å². The summed E-state index contributed by atoms with van der Waals surface area (Å²) >= 11 is 0. The van der Waals surface area contributed by atoms with Crippen LogP contribution in [-0.4, -0.2) is 34.5 Å². The summed E-state index contributed by atoms with van der Waals surface area (Å²) in [7, 11) is -5.32. The molecule has 3 N–H and O–H groups in total.